The van der Waals surface area contributed by atoms with Crippen molar-refractivity contribution in [2.24, 2.45) is 0 Å². The number of hydrogen-bond acceptors (Lipinski definition) is 4. The standard InChI is InChI=1S/C23H19N3O3S/c1-3-12-25-14-15(18-6-4-5-7-20(18)25)13-19-21(27)24-23(30)26(22(19)28)16-8-10-17(29-2)11-9-16/h3-11,13-14H,1,12H2,2H3,(H,24,27,30)/b19-13+. The number of aromatic nitrogens is 1. The number of hydrogen-bond donors (Lipinski definition) is 1. The number of nitrogens with one attached hydrogen (secondary N) is 1. The van der Waals surface area contributed by atoms with Crippen LogP contribution in [-0.2, 0) is 16.1 Å². The maximum atomic E-state index is 13.2. The Labute approximate surface area is 179 Å². The van der Waals surface area contributed by atoms with Gasteiger partial charge in [-0.05, 0) is 48.6 Å². The highest BCUT2D eigenvalue weighted by atomic mass is 32.1. The van der Waals surface area contributed by atoms with Crippen LogP contribution in [0.4, 0.5) is 5.69 Å². The highest BCUT2D eigenvalue weighted by Crippen LogP contribution is 2.27. The molecule has 0 aliphatic carbocycles. The topological polar surface area (TPSA) is 63.6 Å². The zero-order chi connectivity index (χ0) is 21.3. The summed E-state index contributed by atoms with van der Waals surface area (Å²) in [5.41, 5.74) is 2.33. The Hall–Kier alpha value is -3.71. The average Bonchev–Trinajstić information content (AvgIpc) is 3.09. The molecule has 150 valence electrons. The van der Waals surface area contributed by atoms with Crippen molar-refractivity contribution in [1.82, 2.24) is 9.88 Å². The molecule has 1 saturated heterocycles. The van der Waals surface area contributed by atoms with Gasteiger partial charge in [-0.2, -0.15) is 0 Å². The number of amides is 2. The minimum absolute atomic E-state index is 0.0147. The van der Waals surface area contributed by atoms with Gasteiger partial charge in [0.15, 0.2) is 5.11 Å². The lowest BCUT2D eigenvalue weighted by atomic mass is 10.1. The fourth-order valence-corrected chi connectivity index (χ4v) is 3.74. The Bertz CT molecular complexity index is 1210. The second kappa shape index (κ2) is 7.96. The van der Waals surface area contributed by atoms with Crippen LogP contribution >= 0.6 is 12.2 Å². The van der Waals surface area contributed by atoms with Crippen LogP contribution in [0, 0.1) is 0 Å². The third kappa shape index (κ3) is 3.40. The molecule has 1 aliphatic heterocycles. The summed E-state index contributed by atoms with van der Waals surface area (Å²) < 4.78 is 7.18. The smallest absolute Gasteiger partial charge is 0.270 e. The van der Waals surface area contributed by atoms with Gasteiger partial charge in [0.25, 0.3) is 11.8 Å². The van der Waals surface area contributed by atoms with Crippen LogP contribution in [0.5, 0.6) is 5.75 Å². The summed E-state index contributed by atoms with van der Waals surface area (Å²) in [6.07, 6.45) is 5.31. The molecule has 0 spiro atoms. The molecule has 0 atom stereocenters. The molecular weight excluding hydrogens is 398 g/mol. The fourth-order valence-electron chi connectivity index (χ4n) is 3.46. The maximum absolute atomic E-state index is 13.2. The van der Waals surface area contributed by atoms with E-state index in [1.54, 1.807) is 43.5 Å². The molecule has 1 fully saturated rings. The summed E-state index contributed by atoms with van der Waals surface area (Å²) in [6.45, 7) is 4.41. The number of methoxy groups -OCH3 is 1. The van der Waals surface area contributed by atoms with E-state index in [1.807, 2.05) is 35.0 Å². The molecule has 2 heterocycles. The van der Waals surface area contributed by atoms with E-state index in [1.165, 1.54) is 4.90 Å². The lowest BCUT2D eigenvalue weighted by Crippen LogP contribution is -2.54. The predicted octanol–water partition coefficient (Wildman–Crippen LogP) is 3.67. The van der Waals surface area contributed by atoms with E-state index in [0.29, 0.717) is 18.0 Å². The number of carbonyl (C=O) groups excluding carboxylic acids is 2. The Morgan fingerprint density at radius 3 is 2.57 bits per heavy atom. The van der Waals surface area contributed by atoms with Crippen molar-refractivity contribution < 1.29 is 14.3 Å². The van der Waals surface area contributed by atoms with Gasteiger partial charge >= 0.3 is 0 Å². The van der Waals surface area contributed by atoms with Crippen molar-refractivity contribution in [2.75, 3.05) is 12.0 Å². The number of ether oxygens (including phenoxy) is 1. The van der Waals surface area contributed by atoms with E-state index < -0.39 is 11.8 Å². The molecule has 0 saturated carbocycles. The molecule has 0 radical (unpaired) electrons. The quantitative estimate of drug-likeness (QED) is 0.298. The van der Waals surface area contributed by atoms with Crippen molar-refractivity contribution in [1.29, 1.82) is 0 Å². The maximum Gasteiger partial charge on any atom is 0.270 e. The summed E-state index contributed by atoms with van der Waals surface area (Å²) in [5.74, 6) is -0.339. The van der Waals surface area contributed by atoms with Crippen LogP contribution in [0.3, 0.4) is 0 Å². The molecule has 0 unspecified atom stereocenters. The summed E-state index contributed by atoms with van der Waals surface area (Å²) >= 11 is 5.26. The van der Waals surface area contributed by atoms with E-state index in [4.69, 9.17) is 17.0 Å². The van der Waals surface area contributed by atoms with E-state index in [0.717, 1.165) is 16.5 Å². The first-order chi connectivity index (χ1) is 14.5. The number of fused-ring (bicyclic) bond motifs is 1. The molecule has 1 aliphatic rings. The van der Waals surface area contributed by atoms with Gasteiger partial charge in [-0.25, -0.2) is 0 Å². The molecular formula is C23H19N3O3S. The zero-order valence-electron chi connectivity index (χ0n) is 16.3. The van der Waals surface area contributed by atoms with E-state index in [-0.39, 0.29) is 10.7 Å². The Balaban J connectivity index is 1.78. The molecule has 4 rings (SSSR count). The van der Waals surface area contributed by atoms with E-state index >= 15 is 0 Å². The predicted molar refractivity (Wildman–Crippen MR) is 121 cm³/mol. The van der Waals surface area contributed by atoms with E-state index in [2.05, 4.69) is 11.9 Å². The molecule has 6 nitrogen and oxygen atoms in total. The van der Waals surface area contributed by atoms with Crippen molar-refractivity contribution in [3.8, 4) is 5.75 Å². The molecule has 3 aromatic rings. The second-order valence-corrected chi connectivity index (χ2v) is 7.09. The Kier molecular flexibility index (Phi) is 5.20. The summed E-state index contributed by atoms with van der Waals surface area (Å²) in [5, 5.41) is 3.60. The van der Waals surface area contributed by atoms with Crippen molar-refractivity contribution in [3.05, 3.63) is 78.5 Å². The number of rotatable bonds is 5. The molecule has 0 bridgehead atoms. The van der Waals surface area contributed by atoms with Gasteiger partial charge < -0.3 is 9.30 Å². The van der Waals surface area contributed by atoms with Gasteiger partial charge in [-0.15, -0.1) is 6.58 Å². The second-order valence-electron chi connectivity index (χ2n) is 6.70. The Morgan fingerprint density at radius 2 is 1.87 bits per heavy atom. The Morgan fingerprint density at radius 1 is 1.13 bits per heavy atom. The first-order valence-electron chi connectivity index (χ1n) is 9.27. The molecule has 2 aromatic carbocycles. The monoisotopic (exact) mass is 417 g/mol. The van der Waals surface area contributed by atoms with Crippen LogP contribution in [-0.4, -0.2) is 28.6 Å². The summed E-state index contributed by atoms with van der Waals surface area (Å²) in [6, 6.07) is 14.7. The molecule has 2 amide bonds. The molecule has 1 aromatic heterocycles. The van der Waals surface area contributed by atoms with Gasteiger partial charge in [0.1, 0.15) is 11.3 Å². The number of allylic oxidation sites excluding steroid dienone is 1. The number of para-hydroxylation sites is 1. The van der Waals surface area contributed by atoms with Gasteiger partial charge in [-0.1, -0.05) is 24.3 Å². The highest BCUT2D eigenvalue weighted by Gasteiger charge is 2.34. The molecule has 7 heteroatoms. The lowest BCUT2D eigenvalue weighted by Gasteiger charge is -2.29. The third-order valence-corrected chi connectivity index (χ3v) is 5.16. The van der Waals surface area contributed by atoms with Gasteiger partial charge in [0, 0.05) is 29.2 Å². The number of nitrogens with zero attached hydrogens (tertiary/aromatic N) is 2. The van der Waals surface area contributed by atoms with Crippen molar-refractivity contribution in [2.45, 2.75) is 6.54 Å². The zero-order valence-corrected chi connectivity index (χ0v) is 17.1. The fraction of sp³-hybridized carbons (Fsp3) is 0.0870. The minimum Gasteiger partial charge on any atom is -0.497 e. The van der Waals surface area contributed by atoms with Crippen LogP contribution in [0.25, 0.3) is 17.0 Å². The largest absolute Gasteiger partial charge is 0.497 e. The third-order valence-electron chi connectivity index (χ3n) is 4.88. The summed E-state index contributed by atoms with van der Waals surface area (Å²) in [7, 11) is 1.57. The van der Waals surface area contributed by atoms with Crippen LogP contribution in [0.2, 0.25) is 0 Å². The summed E-state index contributed by atoms with van der Waals surface area (Å²) in [4.78, 5) is 27.1. The highest BCUT2D eigenvalue weighted by molar-refractivity contribution is 7.80. The lowest BCUT2D eigenvalue weighted by molar-refractivity contribution is -0.122. The molecule has 30 heavy (non-hydrogen) atoms. The van der Waals surface area contributed by atoms with Crippen LogP contribution < -0.4 is 15.0 Å². The van der Waals surface area contributed by atoms with Crippen molar-refractivity contribution in [3.63, 3.8) is 0 Å². The van der Waals surface area contributed by atoms with Gasteiger partial charge in [-0.3, -0.25) is 19.8 Å². The van der Waals surface area contributed by atoms with Gasteiger partial charge in [0.2, 0.25) is 0 Å². The first kappa shape index (κ1) is 19.6. The normalized spacial score (nSPS) is 15.6. The first-order valence-corrected chi connectivity index (χ1v) is 9.68. The number of thiocarbonyl (C=S) groups is 1. The minimum atomic E-state index is -0.518. The van der Waals surface area contributed by atoms with Crippen LogP contribution in [0.15, 0.2) is 73.0 Å². The number of benzene rings is 2. The number of carbonyl (C=O) groups is 2. The SMILES string of the molecule is C=CCn1cc(/C=C2\C(=O)NC(=S)N(c3ccc(OC)cc3)C2=O)c2ccccc21. The average molecular weight is 417 g/mol. The van der Waals surface area contributed by atoms with Crippen molar-refractivity contribution >= 4 is 51.8 Å². The molecule has 1 N–H and O–H groups in total. The van der Waals surface area contributed by atoms with Gasteiger partial charge in [0.05, 0.1) is 12.8 Å². The van der Waals surface area contributed by atoms with E-state index in [9.17, 15) is 9.59 Å². The van der Waals surface area contributed by atoms with Crippen LogP contribution in [0.1, 0.15) is 5.56 Å². The number of anilines is 1.